The Labute approximate surface area is 108 Å². The molecule has 1 unspecified atom stereocenters. The Kier molecular flexibility index (Phi) is 3.80. The highest BCUT2D eigenvalue weighted by atomic mass is 32.2. The van der Waals surface area contributed by atoms with E-state index in [1.165, 1.54) is 5.56 Å². The van der Waals surface area contributed by atoms with Gasteiger partial charge in [0.2, 0.25) is 0 Å². The third kappa shape index (κ3) is 3.16. The molecule has 0 radical (unpaired) electrons. The van der Waals surface area contributed by atoms with Crippen LogP contribution in [-0.2, 0) is 16.3 Å². The molecule has 18 heavy (non-hydrogen) atoms. The molecule has 0 bridgehead atoms. The summed E-state index contributed by atoms with van der Waals surface area (Å²) in [5, 5.41) is 3.23. The van der Waals surface area contributed by atoms with Gasteiger partial charge in [-0.05, 0) is 30.7 Å². The maximum atomic E-state index is 11.5. The van der Waals surface area contributed by atoms with E-state index in [-0.39, 0.29) is 17.5 Å². The molecule has 5 heteroatoms. The van der Waals surface area contributed by atoms with Gasteiger partial charge in [0.15, 0.2) is 9.84 Å². The second-order valence-electron chi connectivity index (χ2n) is 4.67. The lowest BCUT2D eigenvalue weighted by molar-refractivity contribution is 0.357. The van der Waals surface area contributed by atoms with Crippen molar-refractivity contribution in [3.8, 4) is 5.75 Å². The van der Waals surface area contributed by atoms with Crippen LogP contribution in [0.4, 0.5) is 5.69 Å². The summed E-state index contributed by atoms with van der Waals surface area (Å²) in [5.74, 6) is 1.29. The Morgan fingerprint density at radius 1 is 1.44 bits per heavy atom. The van der Waals surface area contributed by atoms with E-state index >= 15 is 0 Å². The smallest absolute Gasteiger partial charge is 0.152 e. The lowest BCUT2D eigenvalue weighted by atomic mass is 10.1. The summed E-state index contributed by atoms with van der Waals surface area (Å²) >= 11 is 0. The molecule has 0 aliphatic carbocycles. The van der Waals surface area contributed by atoms with Crippen molar-refractivity contribution in [1.29, 1.82) is 0 Å². The maximum absolute atomic E-state index is 11.5. The second kappa shape index (κ2) is 5.18. The number of hydrogen-bond acceptors (Lipinski definition) is 4. The average molecular weight is 269 g/mol. The van der Waals surface area contributed by atoms with Crippen LogP contribution in [0.1, 0.15) is 19.4 Å². The highest BCUT2D eigenvalue weighted by molar-refractivity contribution is 7.91. The molecule has 1 aliphatic rings. The average Bonchev–Trinajstić information content (AvgIpc) is 2.75. The second-order valence-corrected chi connectivity index (χ2v) is 7.06. The Morgan fingerprint density at radius 3 is 2.94 bits per heavy atom. The number of nitrogens with one attached hydrogen (secondary N) is 1. The predicted molar refractivity (Wildman–Crippen MR) is 73.1 cm³/mol. The molecule has 0 saturated carbocycles. The van der Waals surface area contributed by atoms with Gasteiger partial charge in [-0.3, -0.25) is 0 Å². The van der Waals surface area contributed by atoms with Crippen LogP contribution in [0.25, 0.3) is 0 Å². The summed E-state index contributed by atoms with van der Waals surface area (Å²) in [6, 6.07) is 5.82. The van der Waals surface area contributed by atoms with Gasteiger partial charge in [-0.1, -0.05) is 6.92 Å². The highest BCUT2D eigenvalue weighted by Crippen LogP contribution is 2.28. The zero-order valence-electron chi connectivity index (χ0n) is 10.8. The predicted octanol–water partition coefficient (Wildman–Crippen LogP) is 1.86. The molecule has 2 rings (SSSR count). The van der Waals surface area contributed by atoms with Crippen molar-refractivity contribution in [3.63, 3.8) is 0 Å². The standard InChI is InChI=1S/C13H19NO3S/c1-3-18(15,16)9-10(2)14-12-4-5-13-11(8-12)6-7-17-13/h4-5,8,10,14H,3,6-7,9H2,1-2H3. The third-order valence-electron chi connectivity index (χ3n) is 3.05. The topological polar surface area (TPSA) is 55.4 Å². The van der Waals surface area contributed by atoms with Crippen LogP contribution in [0, 0.1) is 0 Å². The van der Waals surface area contributed by atoms with Gasteiger partial charge in [-0.2, -0.15) is 0 Å². The van der Waals surface area contributed by atoms with E-state index in [9.17, 15) is 8.42 Å². The van der Waals surface area contributed by atoms with Crippen LogP contribution in [-0.4, -0.2) is 32.6 Å². The Bertz CT molecular complexity index is 525. The SMILES string of the molecule is CCS(=O)(=O)CC(C)Nc1ccc2c(c1)CCO2. The van der Waals surface area contributed by atoms with Crippen molar-refractivity contribution < 1.29 is 13.2 Å². The zero-order valence-corrected chi connectivity index (χ0v) is 11.6. The van der Waals surface area contributed by atoms with Gasteiger partial charge in [0.1, 0.15) is 5.75 Å². The zero-order chi connectivity index (χ0) is 13.2. The Hall–Kier alpha value is -1.23. The highest BCUT2D eigenvalue weighted by Gasteiger charge is 2.15. The van der Waals surface area contributed by atoms with Crippen LogP contribution in [0.2, 0.25) is 0 Å². The number of anilines is 1. The van der Waals surface area contributed by atoms with Gasteiger partial charge in [0, 0.05) is 23.9 Å². The van der Waals surface area contributed by atoms with Crippen LogP contribution in [0.3, 0.4) is 0 Å². The summed E-state index contributed by atoms with van der Waals surface area (Å²) in [6.45, 7) is 4.30. The van der Waals surface area contributed by atoms with Crippen molar-refractivity contribution in [2.75, 3.05) is 23.4 Å². The van der Waals surface area contributed by atoms with E-state index in [1.54, 1.807) is 6.92 Å². The molecule has 0 saturated heterocycles. The molecule has 0 spiro atoms. The first kappa shape index (κ1) is 13.2. The van der Waals surface area contributed by atoms with E-state index in [0.29, 0.717) is 0 Å². The van der Waals surface area contributed by atoms with Crippen molar-refractivity contribution in [1.82, 2.24) is 0 Å². The van der Waals surface area contributed by atoms with Gasteiger partial charge in [-0.15, -0.1) is 0 Å². The van der Waals surface area contributed by atoms with Crippen molar-refractivity contribution in [2.24, 2.45) is 0 Å². The van der Waals surface area contributed by atoms with E-state index in [1.807, 2.05) is 25.1 Å². The normalized spacial score (nSPS) is 15.9. The summed E-state index contributed by atoms with van der Waals surface area (Å²) in [7, 11) is -2.94. The molecular weight excluding hydrogens is 250 g/mol. The Balaban J connectivity index is 2.01. The largest absolute Gasteiger partial charge is 0.493 e. The molecule has 1 aromatic rings. The van der Waals surface area contributed by atoms with Gasteiger partial charge < -0.3 is 10.1 Å². The van der Waals surface area contributed by atoms with Crippen LogP contribution < -0.4 is 10.1 Å². The van der Waals surface area contributed by atoms with Crippen LogP contribution in [0.5, 0.6) is 5.75 Å². The van der Waals surface area contributed by atoms with Crippen LogP contribution in [0.15, 0.2) is 18.2 Å². The number of benzene rings is 1. The number of ether oxygens (including phenoxy) is 1. The molecule has 0 amide bonds. The molecule has 4 nitrogen and oxygen atoms in total. The fraction of sp³-hybridized carbons (Fsp3) is 0.538. The van der Waals surface area contributed by atoms with Crippen LogP contribution >= 0.6 is 0 Å². The van der Waals surface area contributed by atoms with Crippen molar-refractivity contribution >= 4 is 15.5 Å². The van der Waals surface area contributed by atoms with Gasteiger partial charge in [-0.25, -0.2) is 8.42 Å². The fourth-order valence-electron chi connectivity index (χ4n) is 2.10. The maximum Gasteiger partial charge on any atom is 0.152 e. The molecule has 100 valence electrons. The minimum Gasteiger partial charge on any atom is -0.493 e. The first-order valence-electron chi connectivity index (χ1n) is 6.23. The molecule has 1 N–H and O–H groups in total. The lowest BCUT2D eigenvalue weighted by Crippen LogP contribution is -2.26. The van der Waals surface area contributed by atoms with E-state index in [0.717, 1.165) is 24.5 Å². The van der Waals surface area contributed by atoms with Crippen molar-refractivity contribution in [2.45, 2.75) is 26.3 Å². The molecule has 1 atom stereocenters. The summed E-state index contributed by atoms with van der Waals surface area (Å²) in [5.41, 5.74) is 2.14. The third-order valence-corrected chi connectivity index (χ3v) is 4.93. The quantitative estimate of drug-likeness (QED) is 0.886. The monoisotopic (exact) mass is 269 g/mol. The molecule has 0 aromatic heterocycles. The fourth-order valence-corrected chi connectivity index (χ4v) is 3.18. The first-order valence-corrected chi connectivity index (χ1v) is 8.05. The molecule has 1 aromatic carbocycles. The van der Waals surface area contributed by atoms with E-state index in [2.05, 4.69) is 5.32 Å². The molecular formula is C13H19NO3S. The summed E-state index contributed by atoms with van der Waals surface area (Å²) in [4.78, 5) is 0. The minimum atomic E-state index is -2.94. The summed E-state index contributed by atoms with van der Waals surface area (Å²) in [6.07, 6.45) is 0.923. The first-order chi connectivity index (χ1) is 8.50. The number of fused-ring (bicyclic) bond motifs is 1. The minimum absolute atomic E-state index is 0.0877. The lowest BCUT2D eigenvalue weighted by Gasteiger charge is -2.15. The van der Waals surface area contributed by atoms with Crippen molar-refractivity contribution in [3.05, 3.63) is 23.8 Å². The Morgan fingerprint density at radius 2 is 2.22 bits per heavy atom. The molecule has 0 fully saturated rings. The number of hydrogen-bond donors (Lipinski definition) is 1. The van der Waals surface area contributed by atoms with Gasteiger partial charge >= 0.3 is 0 Å². The molecule has 1 aliphatic heterocycles. The van der Waals surface area contributed by atoms with Gasteiger partial charge in [0.25, 0.3) is 0 Å². The summed E-state index contributed by atoms with van der Waals surface area (Å²) < 4.78 is 28.5. The molecule has 1 heterocycles. The van der Waals surface area contributed by atoms with Gasteiger partial charge in [0.05, 0.1) is 12.4 Å². The number of sulfone groups is 1. The number of rotatable bonds is 5. The van der Waals surface area contributed by atoms with E-state index < -0.39 is 9.84 Å². The van der Waals surface area contributed by atoms with E-state index in [4.69, 9.17) is 4.74 Å².